The molecule has 1 saturated carbocycles. The molecule has 1 aromatic rings. The van der Waals surface area contributed by atoms with Gasteiger partial charge in [-0.05, 0) is 25.3 Å². The summed E-state index contributed by atoms with van der Waals surface area (Å²) in [5, 5.41) is 5.43. The van der Waals surface area contributed by atoms with E-state index in [0.717, 1.165) is 5.56 Å². The molecule has 19 heavy (non-hydrogen) atoms. The summed E-state index contributed by atoms with van der Waals surface area (Å²) in [6.07, 6.45) is 1.29. The maximum absolute atomic E-state index is 11.8. The van der Waals surface area contributed by atoms with Crippen LogP contribution in [0.5, 0.6) is 0 Å². The van der Waals surface area contributed by atoms with E-state index in [1.54, 1.807) is 6.92 Å². The topological polar surface area (TPSA) is 67.4 Å². The second-order valence-corrected chi connectivity index (χ2v) is 4.60. The number of rotatable bonds is 5. The van der Waals surface area contributed by atoms with Crippen LogP contribution in [-0.2, 0) is 16.1 Å². The molecule has 1 aliphatic rings. The van der Waals surface area contributed by atoms with Gasteiger partial charge in [-0.25, -0.2) is 9.59 Å². The van der Waals surface area contributed by atoms with Crippen LogP contribution in [0.3, 0.4) is 0 Å². The van der Waals surface area contributed by atoms with Crippen LogP contribution in [0.2, 0.25) is 0 Å². The maximum Gasteiger partial charge on any atom is 0.331 e. The van der Waals surface area contributed by atoms with Crippen molar-refractivity contribution >= 4 is 12.0 Å². The molecule has 1 aliphatic carbocycles. The second kappa shape index (κ2) is 5.73. The number of esters is 1. The fourth-order valence-electron chi connectivity index (χ4n) is 1.81. The fourth-order valence-corrected chi connectivity index (χ4v) is 1.81. The molecule has 0 radical (unpaired) electrons. The molecule has 0 saturated heterocycles. The van der Waals surface area contributed by atoms with Crippen molar-refractivity contribution in [1.29, 1.82) is 0 Å². The van der Waals surface area contributed by atoms with Crippen LogP contribution in [0.1, 0.15) is 25.3 Å². The Morgan fingerprint density at radius 1 is 1.26 bits per heavy atom. The van der Waals surface area contributed by atoms with E-state index in [4.69, 9.17) is 4.74 Å². The van der Waals surface area contributed by atoms with Crippen LogP contribution in [0.4, 0.5) is 4.79 Å². The molecule has 5 heteroatoms. The molecular formula is C14H18N2O3. The molecular weight excluding hydrogens is 244 g/mol. The third-order valence-electron chi connectivity index (χ3n) is 3.06. The number of benzene rings is 1. The normalized spacial score (nSPS) is 15.4. The van der Waals surface area contributed by atoms with Gasteiger partial charge in [0, 0.05) is 6.54 Å². The lowest BCUT2D eigenvalue weighted by Crippen LogP contribution is -2.48. The van der Waals surface area contributed by atoms with Crippen molar-refractivity contribution in [2.45, 2.75) is 31.8 Å². The predicted molar refractivity (Wildman–Crippen MR) is 70.4 cm³/mol. The number of nitrogens with one attached hydrogen (secondary N) is 2. The third-order valence-corrected chi connectivity index (χ3v) is 3.06. The van der Waals surface area contributed by atoms with Gasteiger partial charge in [0.25, 0.3) is 0 Å². The van der Waals surface area contributed by atoms with E-state index in [1.165, 1.54) is 0 Å². The second-order valence-electron chi connectivity index (χ2n) is 4.60. The van der Waals surface area contributed by atoms with Gasteiger partial charge in [-0.1, -0.05) is 30.3 Å². The zero-order chi connectivity index (χ0) is 13.7. The Morgan fingerprint density at radius 3 is 2.53 bits per heavy atom. The monoisotopic (exact) mass is 262 g/mol. The van der Waals surface area contributed by atoms with Gasteiger partial charge in [0.1, 0.15) is 5.54 Å². The standard InChI is InChI=1S/C14H18N2O3/c1-2-19-12(17)14(8-9-14)16-13(18)15-10-11-6-4-3-5-7-11/h3-7H,2,8-10H2,1H3,(H2,15,16,18). The summed E-state index contributed by atoms with van der Waals surface area (Å²) in [5.74, 6) is -0.343. The molecule has 2 rings (SSSR count). The molecule has 1 aromatic carbocycles. The van der Waals surface area contributed by atoms with Crippen LogP contribution >= 0.6 is 0 Å². The number of hydrogen-bond acceptors (Lipinski definition) is 3. The molecule has 5 nitrogen and oxygen atoms in total. The van der Waals surface area contributed by atoms with Crippen molar-refractivity contribution in [3.05, 3.63) is 35.9 Å². The molecule has 1 fully saturated rings. The van der Waals surface area contributed by atoms with Crippen molar-refractivity contribution in [2.75, 3.05) is 6.61 Å². The largest absolute Gasteiger partial charge is 0.464 e. The van der Waals surface area contributed by atoms with Gasteiger partial charge in [-0.3, -0.25) is 0 Å². The molecule has 2 N–H and O–H groups in total. The van der Waals surface area contributed by atoms with Crippen LogP contribution < -0.4 is 10.6 Å². The first-order chi connectivity index (χ1) is 9.16. The zero-order valence-corrected chi connectivity index (χ0v) is 10.9. The lowest BCUT2D eigenvalue weighted by Gasteiger charge is -2.16. The van der Waals surface area contributed by atoms with Gasteiger partial charge in [0.2, 0.25) is 0 Å². The van der Waals surface area contributed by atoms with Gasteiger partial charge in [-0.15, -0.1) is 0 Å². The summed E-state index contributed by atoms with van der Waals surface area (Å²) < 4.78 is 4.95. The van der Waals surface area contributed by atoms with Gasteiger partial charge in [-0.2, -0.15) is 0 Å². The number of ether oxygens (including phenoxy) is 1. The van der Waals surface area contributed by atoms with E-state index in [-0.39, 0.29) is 12.0 Å². The number of carbonyl (C=O) groups excluding carboxylic acids is 2. The third kappa shape index (κ3) is 3.47. The van der Waals surface area contributed by atoms with Crippen molar-refractivity contribution in [1.82, 2.24) is 10.6 Å². The van der Waals surface area contributed by atoms with Crippen molar-refractivity contribution in [3.63, 3.8) is 0 Å². The first-order valence-electron chi connectivity index (χ1n) is 6.43. The van der Waals surface area contributed by atoms with E-state index in [1.807, 2.05) is 30.3 Å². The van der Waals surface area contributed by atoms with Crippen LogP contribution in [0.15, 0.2) is 30.3 Å². The minimum absolute atomic E-state index is 0.327. The summed E-state index contributed by atoms with van der Waals surface area (Å²) in [6, 6.07) is 9.27. The van der Waals surface area contributed by atoms with Crippen LogP contribution in [-0.4, -0.2) is 24.1 Å². The van der Waals surface area contributed by atoms with Crippen molar-refractivity contribution in [2.24, 2.45) is 0 Å². The molecule has 102 valence electrons. The lowest BCUT2D eigenvalue weighted by atomic mass is 10.2. The lowest BCUT2D eigenvalue weighted by molar-refractivity contribution is -0.146. The van der Waals surface area contributed by atoms with E-state index in [2.05, 4.69) is 10.6 Å². The van der Waals surface area contributed by atoms with E-state index < -0.39 is 5.54 Å². The zero-order valence-electron chi connectivity index (χ0n) is 10.9. The molecule has 0 atom stereocenters. The van der Waals surface area contributed by atoms with Crippen molar-refractivity contribution < 1.29 is 14.3 Å². The minimum atomic E-state index is -0.795. The number of amides is 2. The molecule has 0 unspecified atom stereocenters. The van der Waals surface area contributed by atoms with Gasteiger partial charge in [0.05, 0.1) is 6.61 Å². The highest BCUT2D eigenvalue weighted by atomic mass is 16.5. The number of urea groups is 1. The average molecular weight is 262 g/mol. The Bertz CT molecular complexity index is 455. The van der Waals surface area contributed by atoms with E-state index in [0.29, 0.717) is 26.0 Å². The minimum Gasteiger partial charge on any atom is -0.464 e. The molecule has 0 aliphatic heterocycles. The van der Waals surface area contributed by atoms with Gasteiger partial charge >= 0.3 is 12.0 Å². The molecule has 0 aromatic heterocycles. The first kappa shape index (κ1) is 13.4. The van der Waals surface area contributed by atoms with Crippen LogP contribution in [0, 0.1) is 0 Å². The Labute approximate surface area is 112 Å². The summed E-state index contributed by atoms with van der Waals surface area (Å²) in [4.78, 5) is 23.4. The molecule has 0 heterocycles. The molecule has 0 spiro atoms. The van der Waals surface area contributed by atoms with Crippen molar-refractivity contribution in [3.8, 4) is 0 Å². The highest BCUT2D eigenvalue weighted by Gasteiger charge is 2.52. The molecule has 0 bridgehead atoms. The van der Waals surface area contributed by atoms with E-state index >= 15 is 0 Å². The number of carbonyl (C=O) groups is 2. The summed E-state index contributed by atoms with van der Waals surface area (Å²) in [7, 11) is 0. The molecule has 2 amide bonds. The Balaban J connectivity index is 1.80. The van der Waals surface area contributed by atoms with Crippen LogP contribution in [0.25, 0.3) is 0 Å². The quantitative estimate of drug-likeness (QED) is 0.792. The summed E-state index contributed by atoms with van der Waals surface area (Å²) in [5.41, 5.74) is 0.218. The Morgan fingerprint density at radius 2 is 1.95 bits per heavy atom. The highest BCUT2D eigenvalue weighted by Crippen LogP contribution is 2.36. The Kier molecular flexibility index (Phi) is 4.04. The predicted octanol–water partition coefficient (Wildman–Crippen LogP) is 1.58. The Hall–Kier alpha value is -2.04. The fraction of sp³-hybridized carbons (Fsp3) is 0.429. The smallest absolute Gasteiger partial charge is 0.331 e. The summed E-state index contributed by atoms with van der Waals surface area (Å²) in [6.45, 7) is 2.52. The number of hydrogen-bond donors (Lipinski definition) is 2. The first-order valence-corrected chi connectivity index (χ1v) is 6.43. The van der Waals surface area contributed by atoms with Gasteiger partial charge in [0.15, 0.2) is 0 Å². The van der Waals surface area contributed by atoms with Gasteiger partial charge < -0.3 is 15.4 Å². The maximum atomic E-state index is 11.8. The SMILES string of the molecule is CCOC(=O)C1(NC(=O)NCc2ccccc2)CC1. The average Bonchev–Trinajstić information content (AvgIpc) is 3.19. The highest BCUT2D eigenvalue weighted by molar-refractivity contribution is 5.90. The summed E-state index contributed by atoms with van der Waals surface area (Å²) >= 11 is 0. The van der Waals surface area contributed by atoms with E-state index in [9.17, 15) is 9.59 Å².